The van der Waals surface area contributed by atoms with Crippen molar-refractivity contribution in [2.75, 3.05) is 37.7 Å². The van der Waals surface area contributed by atoms with Gasteiger partial charge in [-0.05, 0) is 113 Å². The van der Waals surface area contributed by atoms with E-state index in [9.17, 15) is 9.59 Å². The van der Waals surface area contributed by atoms with Crippen molar-refractivity contribution in [2.24, 2.45) is 0 Å². The second-order valence-corrected chi connectivity index (χ2v) is 14.6. The van der Waals surface area contributed by atoms with E-state index in [1.807, 2.05) is 32.6 Å². The fourth-order valence-electron chi connectivity index (χ4n) is 6.08. The number of benzene rings is 1. The first-order valence-electron chi connectivity index (χ1n) is 14.5. The van der Waals surface area contributed by atoms with Crippen molar-refractivity contribution in [1.29, 1.82) is 0 Å². The molecule has 2 aromatic rings. The van der Waals surface area contributed by atoms with Crippen molar-refractivity contribution >= 4 is 35.1 Å². The highest BCUT2D eigenvalue weighted by Crippen LogP contribution is 2.36. The van der Waals surface area contributed by atoms with Gasteiger partial charge in [0.2, 0.25) is 0 Å². The van der Waals surface area contributed by atoms with Crippen molar-refractivity contribution in [1.82, 2.24) is 15.1 Å². The van der Waals surface area contributed by atoms with Crippen molar-refractivity contribution in [3.8, 4) is 10.4 Å². The van der Waals surface area contributed by atoms with Gasteiger partial charge in [-0.3, -0.25) is 4.79 Å². The molecule has 3 fully saturated rings. The summed E-state index contributed by atoms with van der Waals surface area (Å²) in [4.78, 5) is 32.0. The normalized spacial score (nSPS) is 21.7. The maximum atomic E-state index is 13.4. The molecule has 4 heterocycles. The monoisotopic (exact) mass is 569 g/mol. The minimum absolute atomic E-state index is 0.0529. The van der Waals surface area contributed by atoms with Gasteiger partial charge in [-0.15, -0.1) is 11.3 Å². The number of nitrogens with one attached hydrogen (secondary N) is 1. The number of rotatable bonds is 5. The van der Waals surface area contributed by atoms with Gasteiger partial charge in [-0.2, -0.15) is 11.8 Å². The van der Waals surface area contributed by atoms with Crippen molar-refractivity contribution in [3.05, 3.63) is 46.3 Å². The molecule has 2 amide bonds. The van der Waals surface area contributed by atoms with Crippen molar-refractivity contribution in [2.45, 2.75) is 83.4 Å². The van der Waals surface area contributed by atoms with Gasteiger partial charge in [0.1, 0.15) is 5.60 Å². The van der Waals surface area contributed by atoms with Gasteiger partial charge in [0.25, 0.3) is 5.91 Å². The van der Waals surface area contributed by atoms with Gasteiger partial charge in [0, 0.05) is 24.0 Å². The number of thiophene rings is 1. The molecule has 1 N–H and O–H groups in total. The molecule has 0 radical (unpaired) electrons. The molecule has 6 nitrogen and oxygen atoms in total. The molecule has 8 heteroatoms. The Morgan fingerprint density at radius 2 is 1.67 bits per heavy atom. The molecule has 0 unspecified atom stereocenters. The highest BCUT2D eigenvalue weighted by atomic mass is 32.2. The highest BCUT2D eigenvalue weighted by molar-refractivity contribution is 7.99. The predicted octanol–water partition coefficient (Wildman–Crippen LogP) is 6.54. The fraction of sp³-hybridized carbons (Fsp3) is 0.613. The van der Waals surface area contributed by atoms with E-state index in [0.29, 0.717) is 19.0 Å². The number of nitrogens with zero attached hydrogens (tertiary/aromatic N) is 2. The number of carbonyl (C=O) groups excluding carboxylic acids is 2. The van der Waals surface area contributed by atoms with Crippen LogP contribution in [-0.2, 0) is 4.74 Å². The van der Waals surface area contributed by atoms with Crippen LogP contribution in [0.4, 0.5) is 4.79 Å². The smallest absolute Gasteiger partial charge is 0.407 e. The maximum Gasteiger partial charge on any atom is 0.407 e. The third kappa shape index (κ3) is 7.19. The quantitative estimate of drug-likeness (QED) is 0.443. The first-order valence-corrected chi connectivity index (χ1v) is 16.4. The number of hydrogen-bond acceptors (Lipinski definition) is 6. The summed E-state index contributed by atoms with van der Waals surface area (Å²) in [5.41, 5.74) is 3.10. The van der Waals surface area contributed by atoms with Crippen LogP contribution in [0.25, 0.3) is 10.4 Å². The SMILES string of the molecule is Cc1cc(-c2ccc(C3CCN(C4CCSCC4)CC3)cc2)sc1C(=O)N1CC[C@H](NC(=O)OC(C)(C)C)C1. The molecular weight excluding hydrogens is 526 g/mol. The van der Waals surface area contributed by atoms with Crippen LogP contribution in [0, 0.1) is 6.92 Å². The number of alkyl carbamates (subject to hydrolysis) is 1. The number of thioether (sulfide) groups is 1. The van der Waals surface area contributed by atoms with E-state index >= 15 is 0 Å². The Morgan fingerprint density at radius 3 is 2.33 bits per heavy atom. The van der Waals surface area contributed by atoms with E-state index in [1.165, 1.54) is 61.4 Å². The van der Waals surface area contributed by atoms with E-state index < -0.39 is 11.7 Å². The number of hydrogen-bond donors (Lipinski definition) is 1. The van der Waals surface area contributed by atoms with Crippen LogP contribution in [0.5, 0.6) is 0 Å². The standard InChI is InChI=1S/C31H43N3O3S2/c1-21-19-27(39-28(21)29(35)34-16-11-25(20-34)32-30(36)37-31(2,3)4)24-7-5-22(6-8-24)23-9-14-33(15-10-23)26-12-17-38-18-13-26/h5-8,19,23,25-26H,9-18,20H2,1-4H3,(H,32,36)/t25-/m0/s1. The van der Waals surface area contributed by atoms with Crippen LogP contribution in [0.3, 0.4) is 0 Å². The van der Waals surface area contributed by atoms with E-state index in [4.69, 9.17) is 4.74 Å². The first kappa shape index (κ1) is 28.5. The molecule has 1 atom stereocenters. The number of amides is 2. The number of likely N-dealkylation sites (tertiary alicyclic amines) is 2. The van der Waals surface area contributed by atoms with Crippen LogP contribution in [0.15, 0.2) is 30.3 Å². The minimum Gasteiger partial charge on any atom is -0.444 e. The van der Waals surface area contributed by atoms with Crippen LogP contribution in [0.1, 0.15) is 79.6 Å². The molecule has 3 aliphatic heterocycles. The van der Waals surface area contributed by atoms with Gasteiger partial charge in [-0.1, -0.05) is 24.3 Å². The molecule has 0 spiro atoms. The number of carbonyl (C=O) groups is 2. The van der Waals surface area contributed by atoms with Gasteiger partial charge < -0.3 is 19.9 Å². The molecule has 1 aromatic heterocycles. The summed E-state index contributed by atoms with van der Waals surface area (Å²) in [5, 5.41) is 2.91. The molecule has 39 heavy (non-hydrogen) atoms. The summed E-state index contributed by atoms with van der Waals surface area (Å²) in [6.45, 7) is 11.2. The lowest BCUT2D eigenvalue weighted by Crippen LogP contribution is -2.42. The number of piperidine rings is 1. The Bertz CT molecular complexity index is 1140. The van der Waals surface area contributed by atoms with Crippen LogP contribution in [0.2, 0.25) is 0 Å². The molecule has 212 valence electrons. The third-order valence-electron chi connectivity index (χ3n) is 8.21. The summed E-state index contributed by atoms with van der Waals surface area (Å²) in [6.07, 6.45) is 5.53. The molecule has 0 saturated carbocycles. The lowest BCUT2D eigenvalue weighted by Gasteiger charge is -2.39. The Morgan fingerprint density at radius 1 is 0.974 bits per heavy atom. The Hall–Kier alpha value is -2.03. The summed E-state index contributed by atoms with van der Waals surface area (Å²) in [6, 6.07) is 11.9. The van der Waals surface area contributed by atoms with Gasteiger partial charge in [-0.25, -0.2) is 4.79 Å². The van der Waals surface area contributed by atoms with Crippen LogP contribution in [-0.4, -0.2) is 77.2 Å². The summed E-state index contributed by atoms with van der Waals surface area (Å²) >= 11 is 3.68. The molecule has 3 aliphatic rings. The Kier molecular flexibility index (Phi) is 8.94. The average molecular weight is 570 g/mol. The molecule has 0 aliphatic carbocycles. The number of ether oxygens (including phenoxy) is 1. The van der Waals surface area contributed by atoms with Crippen molar-refractivity contribution < 1.29 is 14.3 Å². The lowest BCUT2D eigenvalue weighted by atomic mass is 9.88. The molecule has 1 aromatic carbocycles. The summed E-state index contributed by atoms with van der Waals surface area (Å²) < 4.78 is 5.37. The van der Waals surface area contributed by atoms with Gasteiger partial charge in [0.05, 0.1) is 10.9 Å². The van der Waals surface area contributed by atoms with E-state index in [2.05, 4.69) is 52.3 Å². The topological polar surface area (TPSA) is 61.9 Å². The van der Waals surface area contributed by atoms with Crippen molar-refractivity contribution in [3.63, 3.8) is 0 Å². The Balaban J connectivity index is 1.16. The molecule has 3 saturated heterocycles. The van der Waals surface area contributed by atoms with Crippen LogP contribution >= 0.6 is 23.1 Å². The zero-order valence-electron chi connectivity index (χ0n) is 23.8. The van der Waals surface area contributed by atoms with Gasteiger partial charge in [0.15, 0.2) is 0 Å². The van der Waals surface area contributed by atoms with Gasteiger partial charge >= 0.3 is 6.09 Å². The zero-order chi connectivity index (χ0) is 27.6. The molecular formula is C31H43N3O3S2. The number of aryl methyl sites for hydroxylation is 1. The van der Waals surface area contributed by atoms with E-state index in [-0.39, 0.29) is 11.9 Å². The largest absolute Gasteiger partial charge is 0.444 e. The second-order valence-electron chi connectivity index (χ2n) is 12.3. The lowest BCUT2D eigenvalue weighted by molar-refractivity contribution is 0.0502. The highest BCUT2D eigenvalue weighted by Gasteiger charge is 2.31. The van der Waals surface area contributed by atoms with Crippen LogP contribution < -0.4 is 5.32 Å². The first-order chi connectivity index (χ1) is 18.7. The summed E-state index contributed by atoms with van der Waals surface area (Å²) in [7, 11) is 0. The summed E-state index contributed by atoms with van der Waals surface area (Å²) in [5.74, 6) is 3.35. The predicted molar refractivity (Wildman–Crippen MR) is 162 cm³/mol. The molecule has 5 rings (SSSR count). The average Bonchev–Trinajstić information content (AvgIpc) is 3.54. The zero-order valence-corrected chi connectivity index (χ0v) is 25.5. The fourth-order valence-corrected chi connectivity index (χ4v) is 8.31. The Labute approximate surface area is 241 Å². The van der Waals surface area contributed by atoms with E-state index in [0.717, 1.165) is 27.8 Å². The second kappa shape index (κ2) is 12.2. The van der Waals surface area contributed by atoms with E-state index in [1.54, 1.807) is 11.3 Å². The maximum absolute atomic E-state index is 13.4. The molecule has 0 bridgehead atoms. The minimum atomic E-state index is -0.535. The third-order valence-corrected chi connectivity index (χ3v) is 10.5.